The van der Waals surface area contributed by atoms with E-state index in [2.05, 4.69) is 0 Å². The van der Waals surface area contributed by atoms with Crippen LogP contribution in [0.2, 0.25) is 0 Å². The molecule has 0 bridgehead atoms. The summed E-state index contributed by atoms with van der Waals surface area (Å²) in [7, 11) is 0. The molecule has 1 atom stereocenters. The van der Waals surface area contributed by atoms with Crippen molar-refractivity contribution in [1.82, 2.24) is 0 Å². The molecule has 0 saturated carbocycles. The first-order chi connectivity index (χ1) is 8.90. The van der Waals surface area contributed by atoms with E-state index in [9.17, 15) is 14.7 Å². The van der Waals surface area contributed by atoms with Crippen LogP contribution in [0.4, 0.5) is 0 Å². The summed E-state index contributed by atoms with van der Waals surface area (Å²) in [6, 6.07) is 6.25. The van der Waals surface area contributed by atoms with Gasteiger partial charge in [0.2, 0.25) is 5.78 Å². The second-order valence-corrected chi connectivity index (χ2v) is 5.03. The van der Waals surface area contributed by atoms with Gasteiger partial charge in [-0.2, -0.15) is 0 Å². The minimum atomic E-state index is -1.35. The van der Waals surface area contributed by atoms with E-state index in [0.717, 1.165) is 0 Å². The molecule has 1 N–H and O–H groups in total. The molecule has 0 fully saturated rings. The van der Waals surface area contributed by atoms with Gasteiger partial charge in [-0.05, 0) is 32.0 Å². The van der Waals surface area contributed by atoms with Gasteiger partial charge < -0.3 is 14.3 Å². The third-order valence-electron chi connectivity index (χ3n) is 3.27. The molecule has 1 radical (unpaired) electrons. The molecule has 1 aliphatic heterocycles. The van der Waals surface area contributed by atoms with E-state index in [-0.39, 0.29) is 55.2 Å². The molecule has 20 heavy (non-hydrogen) atoms. The number of carbonyl (C=O) groups is 1. The van der Waals surface area contributed by atoms with E-state index in [1.165, 1.54) is 6.07 Å². The first kappa shape index (κ1) is 15.7. The zero-order valence-corrected chi connectivity index (χ0v) is 15.8. The number of fused-ring (bicyclic) bond motifs is 3. The second-order valence-electron chi connectivity index (χ2n) is 5.03. The smallest absolute Gasteiger partial charge is 0.336 e. The third kappa shape index (κ3) is 2.34. The summed E-state index contributed by atoms with van der Waals surface area (Å²) < 4.78 is 10.7. The van der Waals surface area contributed by atoms with Gasteiger partial charge in [0.05, 0.1) is 5.56 Å². The number of aliphatic hydroxyl groups is 1. The maximum Gasteiger partial charge on any atom is 0.336 e. The average molecular weight is 487 g/mol. The normalized spacial score (nSPS) is 19.9. The van der Waals surface area contributed by atoms with Gasteiger partial charge in [0.1, 0.15) is 17.4 Å². The standard InChI is InChI=1S/C14H12O5.Ac/c1-14(2)13(17)11(16)10-8(19-14)5-3-7-4-6-9(15)18-12(7)10;/h3-6,11,16H,1-2H3;. The fourth-order valence-electron chi connectivity index (χ4n) is 2.27. The predicted octanol–water partition coefficient (Wildman–Crippen LogP) is 1.57. The summed E-state index contributed by atoms with van der Waals surface area (Å²) in [4.78, 5) is 23.4. The van der Waals surface area contributed by atoms with Crippen molar-refractivity contribution >= 4 is 16.8 Å². The maximum atomic E-state index is 12.0. The van der Waals surface area contributed by atoms with Gasteiger partial charge in [0.15, 0.2) is 5.60 Å². The van der Waals surface area contributed by atoms with E-state index >= 15 is 0 Å². The van der Waals surface area contributed by atoms with Gasteiger partial charge >= 0.3 is 5.63 Å². The van der Waals surface area contributed by atoms with Crippen molar-refractivity contribution in [3.8, 4) is 5.75 Å². The summed E-state index contributed by atoms with van der Waals surface area (Å²) in [6.07, 6.45) is -1.35. The molecule has 0 saturated heterocycles. The van der Waals surface area contributed by atoms with Crippen LogP contribution in [-0.2, 0) is 4.79 Å². The zero-order valence-electron chi connectivity index (χ0n) is 11.0. The maximum absolute atomic E-state index is 12.0. The number of aliphatic hydroxyl groups excluding tert-OH is 1. The Morgan fingerprint density at radius 2 is 1.80 bits per heavy atom. The van der Waals surface area contributed by atoms with Crippen molar-refractivity contribution in [2.24, 2.45) is 0 Å². The Hall–Kier alpha value is -0.698. The summed E-state index contributed by atoms with van der Waals surface area (Å²) in [5.74, 6) is -0.0991. The third-order valence-corrected chi connectivity index (χ3v) is 3.27. The number of ketones is 1. The first-order valence-corrected chi connectivity index (χ1v) is 5.88. The van der Waals surface area contributed by atoms with Crippen LogP contribution >= 0.6 is 0 Å². The zero-order chi connectivity index (χ0) is 13.8. The molecule has 1 aliphatic rings. The Kier molecular flexibility index (Phi) is 4.12. The number of hydrogen-bond acceptors (Lipinski definition) is 5. The van der Waals surface area contributed by atoms with Crippen LogP contribution in [0.15, 0.2) is 33.5 Å². The number of ether oxygens (including phenoxy) is 1. The van der Waals surface area contributed by atoms with Gasteiger partial charge in [-0.1, -0.05) is 0 Å². The van der Waals surface area contributed by atoms with E-state index < -0.39 is 23.1 Å². The van der Waals surface area contributed by atoms with Crippen LogP contribution in [0.5, 0.6) is 5.75 Å². The van der Waals surface area contributed by atoms with Crippen LogP contribution in [0, 0.1) is 44.1 Å². The van der Waals surface area contributed by atoms with Crippen LogP contribution in [0.3, 0.4) is 0 Å². The molecule has 1 unspecified atom stereocenters. The van der Waals surface area contributed by atoms with Crippen LogP contribution in [-0.4, -0.2) is 16.5 Å². The van der Waals surface area contributed by atoms with Gasteiger partial charge in [0, 0.05) is 55.5 Å². The van der Waals surface area contributed by atoms with Crippen molar-refractivity contribution in [3.63, 3.8) is 0 Å². The average Bonchev–Trinajstić information content (AvgIpc) is 2.35. The predicted molar refractivity (Wildman–Crippen MR) is 67.2 cm³/mol. The van der Waals surface area contributed by atoms with Crippen molar-refractivity contribution in [1.29, 1.82) is 0 Å². The quantitative estimate of drug-likeness (QED) is 0.572. The van der Waals surface area contributed by atoms with Crippen LogP contribution in [0.1, 0.15) is 25.5 Å². The van der Waals surface area contributed by atoms with Crippen molar-refractivity contribution in [2.45, 2.75) is 25.6 Å². The molecular weight excluding hydrogens is 475 g/mol. The van der Waals surface area contributed by atoms with Crippen molar-refractivity contribution in [3.05, 3.63) is 40.2 Å². The van der Waals surface area contributed by atoms with Gasteiger partial charge in [0.25, 0.3) is 0 Å². The van der Waals surface area contributed by atoms with E-state index in [1.807, 2.05) is 0 Å². The molecule has 1 aromatic heterocycles. The van der Waals surface area contributed by atoms with Crippen molar-refractivity contribution < 1.29 is 63.1 Å². The molecule has 101 valence electrons. The van der Waals surface area contributed by atoms with Gasteiger partial charge in [-0.25, -0.2) is 4.79 Å². The molecule has 2 heterocycles. The Morgan fingerprint density at radius 1 is 1.15 bits per heavy atom. The number of carbonyl (C=O) groups excluding carboxylic acids is 1. The van der Waals surface area contributed by atoms with Crippen molar-refractivity contribution in [2.75, 3.05) is 0 Å². The number of hydrogen-bond donors (Lipinski definition) is 1. The van der Waals surface area contributed by atoms with E-state index in [4.69, 9.17) is 9.15 Å². The molecule has 0 aliphatic carbocycles. The minimum Gasteiger partial charge on any atom is -0.479 e. The second kappa shape index (κ2) is 5.25. The monoisotopic (exact) mass is 487 g/mol. The number of rotatable bonds is 0. The molecular formula is C14H12AcO5. The molecule has 5 nitrogen and oxygen atoms in total. The topological polar surface area (TPSA) is 76.7 Å². The Morgan fingerprint density at radius 3 is 2.50 bits per heavy atom. The molecule has 3 rings (SSSR count). The summed E-state index contributed by atoms with van der Waals surface area (Å²) >= 11 is 0. The Labute approximate surface area is 150 Å². The SMILES string of the molecule is CC1(C)Oc2ccc3ccc(=O)oc3c2C(O)C1=O.[Ac]. The molecule has 0 spiro atoms. The molecule has 2 aromatic rings. The van der Waals surface area contributed by atoms with Gasteiger partial charge in [-0.15, -0.1) is 0 Å². The Bertz CT molecular complexity index is 747. The summed E-state index contributed by atoms with van der Waals surface area (Å²) in [5, 5.41) is 10.8. The number of Topliss-reactive ketones (excluding diaryl/α,β-unsaturated/α-hetero) is 1. The first-order valence-electron chi connectivity index (χ1n) is 5.88. The molecule has 6 heteroatoms. The van der Waals surface area contributed by atoms with E-state index in [1.54, 1.807) is 32.0 Å². The summed E-state index contributed by atoms with van der Waals surface area (Å²) in [5.41, 5.74) is -1.22. The summed E-state index contributed by atoms with van der Waals surface area (Å²) in [6.45, 7) is 3.18. The number of benzene rings is 1. The fraction of sp³-hybridized carbons (Fsp3) is 0.286. The minimum absolute atomic E-state index is 0. The van der Waals surface area contributed by atoms with Crippen LogP contribution in [0.25, 0.3) is 11.0 Å². The van der Waals surface area contributed by atoms with Crippen LogP contribution < -0.4 is 10.4 Å². The largest absolute Gasteiger partial charge is 0.479 e. The fourth-order valence-corrected chi connectivity index (χ4v) is 2.27. The Balaban J connectivity index is 0.00000147. The molecule has 0 amide bonds. The van der Waals surface area contributed by atoms with E-state index in [0.29, 0.717) is 11.1 Å². The van der Waals surface area contributed by atoms with Gasteiger partial charge in [-0.3, -0.25) is 4.79 Å². The molecule has 1 aromatic carbocycles.